The Morgan fingerprint density at radius 1 is 1.05 bits per heavy atom. The predicted molar refractivity (Wildman–Crippen MR) is 65.3 cm³/mol. The van der Waals surface area contributed by atoms with Crippen molar-refractivity contribution in [2.24, 2.45) is 7.05 Å². The van der Waals surface area contributed by atoms with E-state index in [-0.39, 0.29) is 5.91 Å². The molecule has 118 valence electrons. The molecule has 1 heterocycles. The summed E-state index contributed by atoms with van der Waals surface area (Å²) in [5.41, 5.74) is 0.698. The number of aromatic nitrogens is 2. The third-order valence-corrected chi connectivity index (χ3v) is 2.02. The molecule has 0 amide bonds. The molecule has 0 saturated heterocycles. The second kappa shape index (κ2) is 4.84. The van der Waals surface area contributed by atoms with Crippen LogP contribution >= 0.6 is 7.81 Å². The van der Waals surface area contributed by atoms with Gasteiger partial charge in [-0.05, 0) is 12.1 Å². The first kappa shape index (κ1) is 17.2. The molecule has 3 nitrogen and oxygen atoms in total. The molecule has 2 rings (SSSR count). The zero-order chi connectivity index (χ0) is 16.4. The molecule has 0 bridgehead atoms. The first-order valence-electron chi connectivity index (χ1n) is 5.42. The van der Waals surface area contributed by atoms with Crippen molar-refractivity contribution in [1.29, 1.82) is 0 Å². The van der Waals surface area contributed by atoms with Gasteiger partial charge in [0, 0.05) is 0 Å². The average molecular weight is 332 g/mol. The van der Waals surface area contributed by atoms with Crippen molar-refractivity contribution in [3.63, 3.8) is 0 Å². The van der Waals surface area contributed by atoms with E-state index >= 15 is 0 Å². The van der Waals surface area contributed by atoms with Crippen LogP contribution in [0.15, 0.2) is 49.1 Å². The zero-order valence-electron chi connectivity index (χ0n) is 10.6. The van der Waals surface area contributed by atoms with Gasteiger partial charge in [0.1, 0.15) is 12.4 Å². The Balaban J connectivity index is 0.000000270. The van der Waals surface area contributed by atoms with Crippen LogP contribution in [0.25, 0.3) is 0 Å². The predicted octanol–water partition coefficient (Wildman–Crippen LogP) is 4.38. The van der Waals surface area contributed by atoms with E-state index in [0.717, 1.165) is 0 Å². The molecule has 0 aliphatic rings. The van der Waals surface area contributed by atoms with Gasteiger partial charge in [-0.15, -0.1) is 0 Å². The van der Waals surface area contributed by atoms with Crippen LogP contribution in [-0.2, 0) is 7.05 Å². The molecule has 21 heavy (non-hydrogen) atoms. The van der Waals surface area contributed by atoms with E-state index in [1.165, 1.54) is 0 Å². The Bertz CT molecular complexity index is 624. The van der Waals surface area contributed by atoms with Gasteiger partial charge in [0.15, 0.2) is 0 Å². The van der Waals surface area contributed by atoms with Gasteiger partial charge >= 0.3 is 38.9 Å². The number of rotatable bonds is 1. The number of nitrogens with zero attached hydrogens (tertiary/aromatic N) is 2. The summed E-state index contributed by atoms with van der Waals surface area (Å²) in [6.45, 7) is 0. The molecule has 10 heteroatoms. The van der Waals surface area contributed by atoms with E-state index in [2.05, 4.69) is 0 Å². The zero-order valence-corrected chi connectivity index (χ0v) is 11.5. The Morgan fingerprint density at radius 3 is 1.90 bits per heavy atom. The van der Waals surface area contributed by atoms with Gasteiger partial charge in [0.2, 0.25) is 0 Å². The summed E-state index contributed by atoms with van der Waals surface area (Å²) in [5.74, 6) is -0.00815. The first-order chi connectivity index (χ1) is 9.22. The summed E-state index contributed by atoms with van der Waals surface area (Å²) in [4.78, 5) is 11.8. The molecule has 0 unspecified atom stereocenters. The molecule has 1 aromatic carbocycles. The monoisotopic (exact) mass is 332 g/mol. The van der Waals surface area contributed by atoms with Gasteiger partial charge in [-0.1, -0.05) is 18.2 Å². The number of aryl methyl sites for hydroxylation is 1. The fraction of sp³-hybridized carbons (Fsp3) is 0.0909. The summed E-state index contributed by atoms with van der Waals surface area (Å²) < 4.78 is 62.6. The van der Waals surface area contributed by atoms with Crippen molar-refractivity contribution in [1.82, 2.24) is 4.57 Å². The van der Waals surface area contributed by atoms with Crippen LogP contribution < -0.4 is 4.57 Å². The van der Waals surface area contributed by atoms with Gasteiger partial charge in [-0.2, -0.15) is 4.57 Å². The molecule has 0 atom stereocenters. The molecule has 0 aliphatic carbocycles. The van der Waals surface area contributed by atoms with E-state index in [4.69, 9.17) is 0 Å². The number of hydrogen-bond donors (Lipinski definition) is 0. The second-order valence-electron chi connectivity index (χ2n) is 4.12. The normalized spacial score (nSPS) is 14.4. The molecular weight excluding hydrogens is 321 g/mol. The third-order valence-electron chi connectivity index (χ3n) is 2.02. The molecule has 0 spiro atoms. The second-order valence-corrected chi connectivity index (χ2v) is 6.03. The van der Waals surface area contributed by atoms with Gasteiger partial charge in [0.25, 0.3) is 6.33 Å². The molecule has 0 saturated carbocycles. The van der Waals surface area contributed by atoms with Crippen molar-refractivity contribution in [2.45, 2.75) is 0 Å². The number of imidazole rings is 1. The number of halogens is 6. The average Bonchev–Trinajstić information content (AvgIpc) is 2.72. The molecule has 0 radical (unpaired) electrons. The molecule has 1 aromatic heterocycles. The summed E-state index contributed by atoms with van der Waals surface area (Å²) in [6.07, 6.45) is 5.32. The maximum absolute atomic E-state index is 11.8. The minimum absolute atomic E-state index is 0.00815. The van der Waals surface area contributed by atoms with Crippen LogP contribution in [0.1, 0.15) is 10.4 Å². The van der Waals surface area contributed by atoms with E-state index in [0.29, 0.717) is 5.56 Å². The standard InChI is InChI=1S/C11H11N2O.F6P/c1-12-7-8-13(9-12)11(14)10-5-3-2-4-6-10;1-7(2,3,4,5)6/h2-9H,1H3;/q+1;-1. The van der Waals surface area contributed by atoms with E-state index < -0.39 is 7.81 Å². The SMILES string of the molecule is C[n+]1ccn(C(=O)c2ccccc2)c1.F[P-](F)(F)(F)(F)F. The van der Waals surface area contributed by atoms with Crippen molar-refractivity contribution in [3.05, 3.63) is 54.6 Å². The summed E-state index contributed by atoms with van der Waals surface area (Å²) in [5, 5.41) is 0. The summed E-state index contributed by atoms with van der Waals surface area (Å²) in [7, 11) is -8.77. The first-order valence-corrected chi connectivity index (χ1v) is 7.44. The van der Waals surface area contributed by atoms with Gasteiger partial charge in [-0.3, -0.25) is 0 Å². The Kier molecular flexibility index (Phi) is 3.95. The van der Waals surface area contributed by atoms with Crippen molar-refractivity contribution in [2.75, 3.05) is 0 Å². The Hall–Kier alpha value is -1.89. The van der Waals surface area contributed by atoms with Crippen molar-refractivity contribution in [3.8, 4) is 0 Å². The van der Waals surface area contributed by atoms with Gasteiger partial charge in [0.05, 0.1) is 12.6 Å². The van der Waals surface area contributed by atoms with E-state index in [9.17, 15) is 30.0 Å². The number of carbonyl (C=O) groups is 1. The fourth-order valence-electron chi connectivity index (χ4n) is 1.30. The summed E-state index contributed by atoms with van der Waals surface area (Å²) in [6, 6.07) is 9.23. The van der Waals surface area contributed by atoms with Gasteiger partial charge in [-0.25, -0.2) is 9.36 Å². The van der Waals surface area contributed by atoms with Crippen LogP contribution in [0.4, 0.5) is 25.2 Å². The number of carbonyl (C=O) groups excluding carboxylic acids is 1. The molecule has 0 N–H and O–H groups in total. The van der Waals surface area contributed by atoms with E-state index in [1.807, 2.05) is 48.1 Å². The molecule has 2 aromatic rings. The fourth-order valence-corrected chi connectivity index (χ4v) is 1.30. The van der Waals surface area contributed by atoms with Crippen LogP contribution in [0.5, 0.6) is 0 Å². The quantitative estimate of drug-likeness (QED) is 0.432. The van der Waals surface area contributed by atoms with Crippen molar-refractivity contribution < 1.29 is 34.5 Å². The summed E-state index contributed by atoms with van der Waals surface area (Å²) >= 11 is 0. The molecular formula is C11H11F6N2OP. The Morgan fingerprint density at radius 2 is 1.52 bits per heavy atom. The van der Waals surface area contributed by atoms with E-state index in [1.54, 1.807) is 17.1 Å². The van der Waals surface area contributed by atoms with Crippen LogP contribution in [-0.4, -0.2) is 10.5 Å². The van der Waals surface area contributed by atoms with Crippen molar-refractivity contribution >= 4 is 13.7 Å². The topological polar surface area (TPSA) is 25.9 Å². The van der Waals surface area contributed by atoms with Crippen LogP contribution in [0.2, 0.25) is 0 Å². The molecule has 0 fully saturated rings. The number of benzene rings is 1. The minimum atomic E-state index is -10.7. The van der Waals surface area contributed by atoms with Gasteiger partial charge < -0.3 is 0 Å². The van der Waals surface area contributed by atoms with Crippen LogP contribution in [0.3, 0.4) is 0 Å². The maximum atomic E-state index is 11.8. The third kappa shape index (κ3) is 8.80. The van der Waals surface area contributed by atoms with Crippen LogP contribution in [0, 0.1) is 0 Å². The Labute approximate surface area is 115 Å². The number of hydrogen-bond acceptors (Lipinski definition) is 1. The molecule has 0 aliphatic heterocycles.